The maximum atomic E-state index is 13.3. The van der Waals surface area contributed by atoms with Crippen molar-refractivity contribution in [3.05, 3.63) is 71.3 Å². The molecule has 0 aromatic heterocycles. The average molecular weight is 439 g/mol. The number of aliphatic carboxylic acids is 1. The van der Waals surface area contributed by atoms with E-state index in [1.165, 1.54) is 4.90 Å². The molecule has 1 aliphatic heterocycles. The van der Waals surface area contributed by atoms with E-state index < -0.39 is 30.1 Å². The summed E-state index contributed by atoms with van der Waals surface area (Å²) in [7, 11) is 0. The summed E-state index contributed by atoms with van der Waals surface area (Å²) in [4.78, 5) is 39.1. The normalized spacial score (nSPS) is 17.2. The van der Waals surface area contributed by atoms with Gasteiger partial charge in [0, 0.05) is 13.0 Å². The standard InChI is InChI=1S/C25H30N2O5/c1-3-32-25(31)21(14-13-18-9-5-4-6-10-18)26-17(2)23(28)27-16-20-12-8-7-11-19(20)15-22(27)24(29)30/h4-12,17,21-22,26H,3,13-16H2,1-2H3,(H,29,30)/t17?,21-,22-/m0/s1. The molecule has 3 atom stereocenters. The molecular weight excluding hydrogens is 408 g/mol. The number of nitrogens with one attached hydrogen (secondary N) is 1. The first-order valence-electron chi connectivity index (χ1n) is 11.0. The third-order valence-corrected chi connectivity index (χ3v) is 5.77. The van der Waals surface area contributed by atoms with Crippen molar-refractivity contribution in [3.8, 4) is 0 Å². The number of hydrogen-bond donors (Lipinski definition) is 2. The smallest absolute Gasteiger partial charge is 0.326 e. The summed E-state index contributed by atoms with van der Waals surface area (Å²) in [5.74, 6) is -1.80. The fraction of sp³-hybridized carbons (Fsp3) is 0.400. The fourth-order valence-corrected chi connectivity index (χ4v) is 4.06. The highest BCUT2D eigenvalue weighted by molar-refractivity contribution is 5.88. The predicted molar refractivity (Wildman–Crippen MR) is 120 cm³/mol. The molecule has 0 spiro atoms. The molecule has 170 valence electrons. The lowest BCUT2D eigenvalue weighted by Crippen LogP contribution is -2.56. The maximum absolute atomic E-state index is 13.3. The van der Waals surface area contributed by atoms with Crippen molar-refractivity contribution in [2.24, 2.45) is 0 Å². The fourth-order valence-electron chi connectivity index (χ4n) is 4.06. The molecule has 2 aromatic carbocycles. The van der Waals surface area contributed by atoms with Crippen LogP contribution in [0.4, 0.5) is 0 Å². The molecule has 0 fully saturated rings. The number of esters is 1. The van der Waals surface area contributed by atoms with Gasteiger partial charge in [-0.2, -0.15) is 0 Å². The second-order valence-corrected chi connectivity index (χ2v) is 8.01. The molecule has 2 N–H and O–H groups in total. The molecule has 1 aliphatic rings. The number of benzene rings is 2. The Morgan fingerprint density at radius 3 is 2.41 bits per heavy atom. The summed E-state index contributed by atoms with van der Waals surface area (Å²) < 4.78 is 5.20. The van der Waals surface area contributed by atoms with E-state index in [0.29, 0.717) is 12.8 Å². The lowest BCUT2D eigenvalue weighted by molar-refractivity contribution is -0.153. The van der Waals surface area contributed by atoms with Crippen LogP contribution in [0, 0.1) is 0 Å². The molecule has 0 saturated carbocycles. The predicted octanol–water partition coefficient (Wildman–Crippen LogP) is 2.57. The molecule has 3 rings (SSSR count). The molecule has 7 heteroatoms. The number of nitrogens with zero attached hydrogens (tertiary/aromatic N) is 1. The first-order chi connectivity index (χ1) is 15.4. The van der Waals surface area contributed by atoms with Crippen molar-refractivity contribution in [2.45, 2.75) is 57.8 Å². The van der Waals surface area contributed by atoms with Gasteiger partial charge in [-0.15, -0.1) is 0 Å². The topological polar surface area (TPSA) is 95.9 Å². The summed E-state index contributed by atoms with van der Waals surface area (Å²) in [5, 5.41) is 12.8. The van der Waals surface area contributed by atoms with Gasteiger partial charge in [-0.1, -0.05) is 54.6 Å². The summed E-state index contributed by atoms with van der Waals surface area (Å²) >= 11 is 0. The van der Waals surface area contributed by atoms with E-state index in [0.717, 1.165) is 16.7 Å². The van der Waals surface area contributed by atoms with Crippen LogP contribution in [-0.4, -0.2) is 52.6 Å². The molecule has 1 amide bonds. The number of ether oxygens (including phenoxy) is 1. The van der Waals surface area contributed by atoms with E-state index >= 15 is 0 Å². The third-order valence-electron chi connectivity index (χ3n) is 5.77. The van der Waals surface area contributed by atoms with Crippen LogP contribution in [0.2, 0.25) is 0 Å². The minimum atomic E-state index is -1.04. The summed E-state index contributed by atoms with van der Waals surface area (Å²) in [6.07, 6.45) is 1.37. The highest BCUT2D eigenvalue weighted by Crippen LogP contribution is 2.24. The van der Waals surface area contributed by atoms with Crippen LogP contribution in [0.15, 0.2) is 54.6 Å². The molecule has 0 aliphatic carbocycles. The molecule has 32 heavy (non-hydrogen) atoms. The summed E-state index contributed by atoms with van der Waals surface area (Å²) in [6.45, 7) is 3.88. The van der Waals surface area contributed by atoms with Gasteiger partial charge in [0.1, 0.15) is 12.1 Å². The molecule has 1 heterocycles. The lowest BCUT2D eigenvalue weighted by atomic mass is 9.93. The summed E-state index contributed by atoms with van der Waals surface area (Å²) in [5.41, 5.74) is 2.97. The van der Waals surface area contributed by atoms with E-state index in [-0.39, 0.29) is 25.5 Å². The minimum Gasteiger partial charge on any atom is -0.480 e. The molecule has 0 bridgehead atoms. The average Bonchev–Trinajstić information content (AvgIpc) is 2.80. The number of amides is 1. The van der Waals surface area contributed by atoms with Crippen molar-refractivity contribution in [1.82, 2.24) is 10.2 Å². The van der Waals surface area contributed by atoms with Gasteiger partial charge in [0.15, 0.2) is 0 Å². The molecule has 1 unspecified atom stereocenters. The van der Waals surface area contributed by atoms with Crippen molar-refractivity contribution < 1.29 is 24.2 Å². The van der Waals surface area contributed by atoms with Crippen molar-refractivity contribution in [1.29, 1.82) is 0 Å². The highest BCUT2D eigenvalue weighted by atomic mass is 16.5. The zero-order chi connectivity index (χ0) is 23.1. The van der Waals surface area contributed by atoms with Crippen molar-refractivity contribution in [3.63, 3.8) is 0 Å². The van der Waals surface area contributed by atoms with Gasteiger partial charge in [-0.25, -0.2) is 4.79 Å². The van der Waals surface area contributed by atoms with E-state index in [2.05, 4.69) is 5.32 Å². The molecule has 0 radical (unpaired) electrons. The number of hydrogen-bond acceptors (Lipinski definition) is 5. The van der Waals surface area contributed by atoms with Crippen molar-refractivity contribution in [2.75, 3.05) is 6.61 Å². The number of carbonyl (C=O) groups is 3. The van der Waals surface area contributed by atoms with E-state index in [1.807, 2.05) is 54.6 Å². The van der Waals surface area contributed by atoms with Gasteiger partial charge in [0.25, 0.3) is 0 Å². The van der Waals surface area contributed by atoms with Crippen LogP contribution in [0.5, 0.6) is 0 Å². The number of carbonyl (C=O) groups excluding carboxylic acids is 2. The van der Waals surface area contributed by atoms with E-state index in [9.17, 15) is 19.5 Å². The van der Waals surface area contributed by atoms with Gasteiger partial charge < -0.3 is 14.7 Å². The Kier molecular flexibility index (Phi) is 8.00. The number of rotatable bonds is 9. The SMILES string of the molecule is CCOC(=O)[C@H](CCc1ccccc1)NC(C)C(=O)N1Cc2ccccc2C[C@H]1C(=O)O. The Morgan fingerprint density at radius 1 is 1.09 bits per heavy atom. The minimum absolute atomic E-state index is 0.228. The Labute approximate surface area is 188 Å². The largest absolute Gasteiger partial charge is 0.480 e. The van der Waals surface area contributed by atoms with E-state index in [1.54, 1.807) is 13.8 Å². The third kappa shape index (κ3) is 5.73. The van der Waals surface area contributed by atoms with Gasteiger partial charge >= 0.3 is 11.9 Å². The van der Waals surface area contributed by atoms with Gasteiger partial charge in [0.05, 0.1) is 12.6 Å². The van der Waals surface area contributed by atoms with Crippen LogP contribution >= 0.6 is 0 Å². The van der Waals surface area contributed by atoms with Gasteiger partial charge in [-0.3, -0.25) is 14.9 Å². The Bertz CT molecular complexity index is 946. The zero-order valence-electron chi connectivity index (χ0n) is 18.5. The van der Waals surface area contributed by atoms with Crippen LogP contribution < -0.4 is 5.32 Å². The molecule has 7 nitrogen and oxygen atoms in total. The van der Waals surface area contributed by atoms with Gasteiger partial charge in [0.2, 0.25) is 5.91 Å². The Morgan fingerprint density at radius 2 is 1.75 bits per heavy atom. The van der Waals surface area contributed by atoms with Crippen LogP contribution in [-0.2, 0) is 38.5 Å². The van der Waals surface area contributed by atoms with Crippen LogP contribution in [0.1, 0.15) is 37.0 Å². The first-order valence-corrected chi connectivity index (χ1v) is 11.0. The lowest BCUT2D eigenvalue weighted by Gasteiger charge is -2.36. The Hall–Kier alpha value is -3.19. The maximum Gasteiger partial charge on any atom is 0.326 e. The second kappa shape index (κ2) is 10.9. The Balaban J connectivity index is 1.72. The number of fused-ring (bicyclic) bond motifs is 1. The first kappa shape index (κ1) is 23.5. The van der Waals surface area contributed by atoms with Crippen LogP contribution in [0.25, 0.3) is 0 Å². The number of carboxylic acid groups (broad SMARTS) is 1. The summed E-state index contributed by atoms with van der Waals surface area (Å²) in [6, 6.07) is 15.0. The quantitative estimate of drug-likeness (QED) is 0.584. The highest BCUT2D eigenvalue weighted by Gasteiger charge is 2.37. The number of aryl methyl sites for hydroxylation is 1. The molecule has 2 aromatic rings. The van der Waals surface area contributed by atoms with Crippen LogP contribution in [0.3, 0.4) is 0 Å². The molecular formula is C25H30N2O5. The van der Waals surface area contributed by atoms with E-state index in [4.69, 9.17) is 4.74 Å². The zero-order valence-corrected chi connectivity index (χ0v) is 18.5. The molecule has 0 saturated heterocycles. The second-order valence-electron chi connectivity index (χ2n) is 8.01. The number of carboxylic acids is 1. The monoisotopic (exact) mass is 438 g/mol. The van der Waals surface area contributed by atoms with Crippen molar-refractivity contribution >= 4 is 17.8 Å². The van der Waals surface area contributed by atoms with Gasteiger partial charge in [-0.05, 0) is 43.4 Å².